The molecule has 28 heavy (non-hydrogen) atoms. The molecule has 2 aromatic rings. The average molecular weight is 391 g/mol. The highest BCUT2D eigenvalue weighted by Gasteiger charge is 2.34. The van der Waals surface area contributed by atoms with E-state index in [1.165, 1.54) is 12.1 Å². The van der Waals surface area contributed by atoms with E-state index in [1.807, 2.05) is 37.3 Å². The third-order valence-electron chi connectivity index (χ3n) is 4.69. The number of amides is 3. The van der Waals surface area contributed by atoms with E-state index in [9.17, 15) is 22.8 Å². The van der Waals surface area contributed by atoms with Crippen LogP contribution in [0.15, 0.2) is 54.6 Å². The van der Waals surface area contributed by atoms with E-state index in [0.29, 0.717) is 6.54 Å². The van der Waals surface area contributed by atoms with Gasteiger partial charge >= 0.3 is 12.2 Å². The summed E-state index contributed by atoms with van der Waals surface area (Å²) in [4.78, 5) is 26.2. The number of anilines is 1. The van der Waals surface area contributed by atoms with Crippen molar-refractivity contribution in [3.63, 3.8) is 0 Å². The Morgan fingerprint density at radius 2 is 1.86 bits per heavy atom. The maximum absolute atomic E-state index is 12.8. The van der Waals surface area contributed by atoms with Crippen molar-refractivity contribution in [1.82, 2.24) is 10.2 Å². The van der Waals surface area contributed by atoms with Crippen molar-refractivity contribution in [3.05, 3.63) is 65.7 Å². The lowest BCUT2D eigenvalue weighted by Crippen LogP contribution is -2.40. The molecule has 2 atom stereocenters. The highest BCUT2D eigenvalue weighted by atomic mass is 19.4. The third kappa shape index (κ3) is 4.62. The zero-order valence-corrected chi connectivity index (χ0v) is 15.2. The van der Waals surface area contributed by atoms with Gasteiger partial charge in [0.05, 0.1) is 17.6 Å². The molecule has 5 nitrogen and oxygen atoms in total. The fourth-order valence-electron chi connectivity index (χ4n) is 3.24. The van der Waals surface area contributed by atoms with Crippen molar-refractivity contribution in [2.75, 3.05) is 11.9 Å². The SMILES string of the molecule is CC(c1ccccc1)N1CC(NC(=O)Nc2cccc(C(F)(F)F)c2)CC1=O. The summed E-state index contributed by atoms with van der Waals surface area (Å²) >= 11 is 0. The summed E-state index contributed by atoms with van der Waals surface area (Å²) in [5.74, 6) is -0.0827. The number of benzene rings is 2. The number of hydrogen-bond acceptors (Lipinski definition) is 2. The van der Waals surface area contributed by atoms with Gasteiger partial charge in [-0.05, 0) is 30.7 Å². The van der Waals surface area contributed by atoms with Gasteiger partial charge in [-0.15, -0.1) is 0 Å². The minimum atomic E-state index is -4.49. The number of carbonyl (C=O) groups is 2. The zero-order valence-electron chi connectivity index (χ0n) is 15.2. The van der Waals surface area contributed by atoms with E-state index in [2.05, 4.69) is 10.6 Å². The minimum absolute atomic E-state index is 0.0335. The topological polar surface area (TPSA) is 61.4 Å². The fraction of sp³-hybridized carbons (Fsp3) is 0.300. The number of hydrogen-bond donors (Lipinski definition) is 2. The van der Waals surface area contributed by atoms with Crippen LogP contribution in [-0.2, 0) is 11.0 Å². The van der Waals surface area contributed by atoms with Crippen molar-refractivity contribution >= 4 is 17.6 Å². The maximum atomic E-state index is 12.8. The average Bonchev–Trinajstić information content (AvgIpc) is 3.01. The van der Waals surface area contributed by atoms with Crippen LogP contribution in [0.1, 0.15) is 30.5 Å². The summed E-state index contributed by atoms with van der Waals surface area (Å²) in [5, 5.41) is 5.05. The number of likely N-dealkylation sites (tertiary alicyclic amines) is 1. The molecule has 3 amide bonds. The summed E-state index contributed by atoms with van der Waals surface area (Å²) in [6.45, 7) is 2.25. The molecule has 1 aliphatic heterocycles. The third-order valence-corrected chi connectivity index (χ3v) is 4.69. The number of rotatable bonds is 4. The second kappa shape index (κ2) is 7.92. The number of carbonyl (C=O) groups excluding carboxylic acids is 2. The van der Waals surface area contributed by atoms with Gasteiger partial charge < -0.3 is 15.5 Å². The normalized spacial score (nSPS) is 18.1. The van der Waals surface area contributed by atoms with Crippen LogP contribution >= 0.6 is 0 Å². The van der Waals surface area contributed by atoms with Crippen LogP contribution in [0, 0.1) is 0 Å². The van der Waals surface area contributed by atoms with Gasteiger partial charge in [0.2, 0.25) is 5.91 Å². The van der Waals surface area contributed by atoms with E-state index in [4.69, 9.17) is 0 Å². The van der Waals surface area contributed by atoms with Crippen LogP contribution in [0.2, 0.25) is 0 Å². The molecular formula is C20H20F3N3O2. The molecule has 2 N–H and O–H groups in total. The quantitative estimate of drug-likeness (QED) is 0.821. The highest BCUT2D eigenvalue weighted by Crippen LogP contribution is 2.30. The predicted molar refractivity (Wildman–Crippen MR) is 98.6 cm³/mol. The molecule has 1 saturated heterocycles. The number of urea groups is 1. The first-order chi connectivity index (χ1) is 13.2. The molecule has 1 heterocycles. The Kier molecular flexibility index (Phi) is 5.58. The molecule has 0 bridgehead atoms. The smallest absolute Gasteiger partial charge is 0.334 e. The van der Waals surface area contributed by atoms with Crippen molar-refractivity contribution in [2.45, 2.75) is 31.6 Å². The first-order valence-electron chi connectivity index (χ1n) is 8.83. The molecule has 2 aromatic carbocycles. The second-order valence-corrected chi connectivity index (χ2v) is 6.71. The van der Waals surface area contributed by atoms with Crippen LogP contribution in [-0.4, -0.2) is 29.4 Å². The van der Waals surface area contributed by atoms with E-state index in [-0.39, 0.29) is 24.1 Å². The molecule has 0 aliphatic carbocycles. The van der Waals surface area contributed by atoms with Gasteiger partial charge in [0.15, 0.2) is 0 Å². The van der Waals surface area contributed by atoms with Gasteiger partial charge in [0, 0.05) is 18.7 Å². The first kappa shape index (κ1) is 19.7. The van der Waals surface area contributed by atoms with Crippen LogP contribution in [0.3, 0.4) is 0 Å². The molecule has 0 saturated carbocycles. The van der Waals surface area contributed by atoms with Crippen molar-refractivity contribution in [3.8, 4) is 0 Å². The van der Waals surface area contributed by atoms with E-state index >= 15 is 0 Å². The molecule has 148 valence electrons. The molecule has 1 fully saturated rings. The Balaban J connectivity index is 1.59. The molecule has 2 unspecified atom stereocenters. The Hall–Kier alpha value is -3.03. The van der Waals surface area contributed by atoms with Gasteiger partial charge in [-0.25, -0.2) is 4.79 Å². The second-order valence-electron chi connectivity index (χ2n) is 6.71. The summed E-state index contributed by atoms with van der Waals surface area (Å²) in [7, 11) is 0. The predicted octanol–water partition coefficient (Wildman–Crippen LogP) is 4.19. The zero-order chi connectivity index (χ0) is 20.3. The molecule has 1 aliphatic rings. The van der Waals surface area contributed by atoms with Crippen molar-refractivity contribution in [2.24, 2.45) is 0 Å². The number of halogens is 3. The summed E-state index contributed by atoms with van der Waals surface area (Å²) < 4.78 is 38.3. The number of nitrogens with one attached hydrogen (secondary N) is 2. The minimum Gasteiger partial charge on any atom is -0.334 e. The summed E-state index contributed by atoms with van der Waals surface area (Å²) in [6, 6.07) is 12.7. The van der Waals surface area contributed by atoms with Gasteiger partial charge in [-0.2, -0.15) is 13.2 Å². The lowest BCUT2D eigenvalue weighted by atomic mass is 10.1. The van der Waals surface area contributed by atoms with E-state index in [0.717, 1.165) is 17.7 Å². The summed E-state index contributed by atoms with van der Waals surface area (Å²) in [5.41, 5.74) is 0.181. The molecule has 0 aromatic heterocycles. The first-order valence-corrected chi connectivity index (χ1v) is 8.83. The van der Waals surface area contributed by atoms with E-state index in [1.54, 1.807) is 4.90 Å². The summed E-state index contributed by atoms with van der Waals surface area (Å²) in [6.07, 6.45) is -4.34. The lowest BCUT2D eigenvalue weighted by molar-refractivity contribution is -0.137. The molecule has 0 radical (unpaired) electrons. The molecule has 0 spiro atoms. The maximum Gasteiger partial charge on any atom is 0.416 e. The van der Waals surface area contributed by atoms with Crippen LogP contribution in [0.4, 0.5) is 23.7 Å². The van der Waals surface area contributed by atoms with Crippen LogP contribution in [0.25, 0.3) is 0 Å². The Labute approximate surface area is 160 Å². The molecular weight excluding hydrogens is 371 g/mol. The number of alkyl halides is 3. The van der Waals surface area contributed by atoms with Gasteiger partial charge in [0.25, 0.3) is 0 Å². The largest absolute Gasteiger partial charge is 0.416 e. The van der Waals surface area contributed by atoms with Gasteiger partial charge in [-0.3, -0.25) is 4.79 Å². The Bertz CT molecular complexity index is 855. The molecule has 8 heteroatoms. The van der Waals surface area contributed by atoms with Gasteiger partial charge in [0.1, 0.15) is 0 Å². The van der Waals surface area contributed by atoms with Crippen LogP contribution < -0.4 is 10.6 Å². The van der Waals surface area contributed by atoms with E-state index < -0.39 is 23.8 Å². The molecule has 3 rings (SSSR count). The fourth-order valence-corrected chi connectivity index (χ4v) is 3.24. The highest BCUT2D eigenvalue weighted by molar-refractivity contribution is 5.90. The van der Waals surface area contributed by atoms with Crippen LogP contribution in [0.5, 0.6) is 0 Å². The number of nitrogens with zero attached hydrogens (tertiary/aromatic N) is 1. The Morgan fingerprint density at radius 1 is 1.14 bits per heavy atom. The monoisotopic (exact) mass is 391 g/mol. The van der Waals surface area contributed by atoms with Crippen molar-refractivity contribution in [1.29, 1.82) is 0 Å². The Morgan fingerprint density at radius 3 is 2.54 bits per heavy atom. The van der Waals surface area contributed by atoms with Gasteiger partial charge in [-0.1, -0.05) is 36.4 Å². The lowest BCUT2D eigenvalue weighted by Gasteiger charge is -2.25. The van der Waals surface area contributed by atoms with Crippen molar-refractivity contribution < 1.29 is 22.8 Å². The standard InChI is InChI=1S/C20H20F3N3O2/c1-13(14-6-3-2-4-7-14)26-12-17(11-18(26)27)25-19(28)24-16-9-5-8-15(10-16)20(21,22)23/h2-10,13,17H,11-12H2,1H3,(H2,24,25,28).